The van der Waals surface area contributed by atoms with Crippen molar-refractivity contribution < 1.29 is 5.11 Å². The zero-order valence-electron chi connectivity index (χ0n) is 11.4. The van der Waals surface area contributed by atoms with E-state index in [1.807, 2.05) is 18.2 Å². The van der Waals surface area contributed by atoms with Crippen LogP contribution in [0.25, 0.3) is 0 Å². The van der Waals surface area contributed by atoms with Crippen molar-refractivity contribution >= 4 is 0 Å². The standard InChI is InChI=1S/C16H22N2O/c1-2-18-10-6-9-16(18)12-17-15(13-19)11-14-7-4-3-5-8-14/h3-10,15,17,19H,2,11-13H2,1H3/t15-/m1/s1. The second kappa shape index (κ2) is 7.12. The van der Waals surface area contributed by atoms with Gasteiger partial charge in [-0.3, -0.25) is 0 Å². The highest BCUT2D eigenvalue weighted by Gasteiger charge is 2.08. The van der Waals surface area contributed by atoms with Crippen molar-refractivity contribution in [2.45, 2.75) is 32.5 Å². The summed E-state index contributed by atoms with van der Waals surface area (Å²) in [5.41, 5.74) is 2.51. The van der Waals surface area contributed by atoms with Crippen molar-refractivity contribution in [3.8, 4) is 0 Å². The summed E-state index contributed by atoms with van der Waals surface area (Å²) in [6.45, 7) is 4.06. The zero-order valence-corrected chi connectivity index (χ0v) is 11.4. The van der Waals surface area contributed by atoms with E-state index in [2.05, 4.69) is 47.3 Å². The van der Waals surface area contributed by atoms with E-state index in [9.17, 15) is 5.11 Å². The summed E-state index contributed by atoms with van der Waals surface area (Å²) in [5.74, 6) is 0. The molecule has 0 radical (unpaired) electrons. The maximum atomic E-state index is 9.47. The first-order valence-corrected chi connectivity index (χ1v) is 6.85. The maximum absolute atomic E-state index is 9.47. The maximum Gasteiger partial charge on any atom is 0.0588 e. The smallest absolute Gasteiger partial charge is 0.0588 e. The van der Waals surface area contributed by atoms with Gasteiger partial charge in [-0.1, -0.05) is 30.3 Å². The van der Waals surface area contributed by atoms with Gasteiger partial charge in [-0.2, -0.15) is 0 Å². The van der Waals surface area contributed by atoms with Crippen LogP contribution in [0.2, 0.25) is 0 Å². The van der Waals surface area contributed by atoms with Crippen LogP contribution < -0.4 is 5.32 Å². The van der Waals surface area contributed by atoms with Gasteiger partial charge in [0.15, 0.2) is 0 Å². The van der Waals surface area contributed by atoms with Gasteiger partial charge in [-0.25, -0.2) is 0 Å². The van der Waals surface area contributed by atoms with E-state index in [0.29, 0.717) is 0 Å². The average Bonchev–Trinajstić information content (AvgIpc) is 2.92. The molecule has 0 aliphatic carbocycles. The molecule has 102 valence electrons. The second-order valence-electron chi connectivity index (χ2n) is 4.74. The lowest BCUT2D eigenvalue weighted by Crippen LogP contribution is -2.34. The quantitative estimate of drug-likeness (QED) is 0.799. The monoisotopic (exact) mass is 258 g/mol. The number of aryl methyl sites for hydroxylation is 1. The second-order valence-corrected chi connectivity index (χ2v) is 4.74. The van der Waals surface area contributed by atoms with Crippen LogP contribution in [0.4, 0.5) is 0 Å². The third-order valence-electron chi connectivity index (χ3n) is 3.38. The molecule has 0 aliphatic heterocycles. The molecule has 0 spiro atoms. The fraction of sp³-hybridized carbons (Fsp3) is 0.375. The van der Waals surface area contributed by atoms with Crippen LogP contribution in [-0.2, 0) is 19.5 Å². The Labute approximate surface area is 114 Å². The normalized spacial score (nSPS) is 12.5. The molecule has 0 saturated carbocycles. The van der Waals surface area contributed by atoms with Crippen molar-refractivity contribution in [3.05, 3.63) is 59.9 Å². The number of aliphatic hydroxyl groups is 1. The van der Waals surface area contributed by atoms with Gasteiger partial charge in [0.1, 0.15) is 0 Å². The molecule has 0 aliphatic rings. The largest absolute Gasteiger partial charge is 0.395 e. The molecule has 2 aromatic rings. The predicted octanol–water partition coefficient (Wildman–Crippen LogP) is 2.20. The third kappa shape index (κ3) is 3.94. The highest BCUT2D eigenvalue weighted by molar-refractivity contribution is 5.16. The molecule has 3 heteroatoms. The number of hydrogen-bond acceptors (Lipinski definition) is 2. The third-order valence-corrected chi connectivity index (χ3v) is 3.38. The van der Waals surface area contributed by atoms with Gasteiger partial charge in [0.2, 0.25) is 0 Å². The van der Waals surface area contributed by atoms with E-state index in [4.69, 9.17) is 0 Å². The van der Waals surface area contributed by atoms with Crippen LogP contribution in [-0.4, -0.2) is 22.3 Å². The number of nitrogens with zero attached hydrogens (tertiary/aromatic N) is 1. The van der Waals surface area contributed by atoms with Gasteiger partial charge in [0.05, 0.1) is 6.61 Å². The first kappa shape index (κ1) is 13.8. The number of rotatable bonds is 7. The minimum atomic E-state index is 0.0996. The molecule has 0 amide bonds. The van der Waals surface area contributed by atoms with E-state index >= 15 is 0 Å². The Hall–Kier alpha value is -1.58. The molecule has 3 nitrogen and oxygen atoms in total. The van der Waals surface area contributed by atoms with E-state index in [1.54, 1.807) is 0 Å². The van der Waals surface area contributed by atoms with Gasteiger partial charge in [0, 0.05) is 31.0 Å². The van der Waals surface area contributed by atoms with E-state index in [1.165, 1.54) is 11.3 Å². The van der Waals surface area contributed by atoms with Gasteiger partial charge in [-0.05, 0) is 31.0 Å². The summed E-state index contributed by atoms with van der Waals surface area (Å²) in [7, 11) is 0. The molecule has 1 aromatic carbocycles. The van der Waals surface area contributed by atoms with Crippen LogP contribution in [0.5, 0.6) is 0 Å². The lowest BCUT2D eigenvalue weighted by Gasteiger charge is -2.17. The van der Waals surface area contributed by atoms with Crippen molar-refractivity contribution in [1.82, 2.24) is 9.88 Å². The number of hydrogen-bond donors (Lipinski definition) is 2. The highest BCUT2D eigenvalue weighted by Crippen LogP contribution is 2.05. The van der Waals surface area contributed by atoms with Gasteiger partial charge in [-0.15, -0.1) is 0 Å². The molecular formula is C16H22N2O. The molecule has 0 unspecified atom stereocenters. The molecule has 0 bridgehead atoms. The molecule has 1 aromatic heterocycles. The Bertz CT molecular complexity index is 479. The summed E-state index contributed by atoms with van der Waals surface area (Å²) >= 11 is 0. The minimum absolute atomic E-state index is 0.0996. The topological polar surface area (TPSA) is 37.2 Å². The van der Waals surface area contributed by atoms with Crippen molar-refractivity contribution in [2.75, 3.05) is 6.61 Å². The number of benzene rings is 1. The number of nitrogens with one attached hydrogen (secondary N) is 1. The molecular weight excluding hydrogens is 236 g/mol. The first-order valence-electron chi connectivity index (χ1n) is 6.85. The van der Waals surface area contributed by atoms with Crippen molar-refractivity contribution in [3.63, 3.8) is 0 Å². The van der Waals surface area contributed by atoms with E-state index in [-0.39, 0.29) is 12.6 Å². The lowest BCUT2D eigenvalue weighted by molar-refractivity contribution is 0.240. The molecule has 0 fully saturated rings. The van der Waals surface area contributed by atoms with Crippen LogP contribution >= 0.6 is 0 Å². The lowest BCUT2D eigenvalue weighted by atomic mass is 10.1. The number of aromatic nitrogens is 1. The predicted molar refractivity (Wildman–Crippen MR) is 78.0 cm³/mol. The Balaban J connectivity index is 1.89. The Morgan fingerprint density at radius 2 is 1.95 bits per heavy atom. The van der Waals surface area contributed by atoms with Gasteiger partial charge in [0.25, 0.3) is 0 Å². The van der Waals surface area contributed by atoms with Crippen molar-refractivity contribution in [2.24, 2.45) is 0 Å². The summed E-state index contributed by atoms with van der Waals surface area (Å²) in [4.78, 5) is 0. The molecule has 1 atom stereocenters. The Morgan fingerprint density at radius 3 is 2.63 bits per heavy atom. The first-order chi connectivity index (χ1) is 9.33. The minimum Gasteiger partial charge on any atom is -0.395 e. The van der Waals surface area contributed by atoms with Gasteiger partial charge < -0.3 is 15.0 Å². The fourth-order valence-corrected chi connectivity index (χ4v) is 2.27. The molecule has 0 saturated heterocycles. The Morgan fingerprint density at radius 1 is 1.16 bits per heavy atom. The average molecular weight is 258 g/mol. The SMILES string of the molecule is CCn1cccc1CN[C@@H](CO)Cc1ccccc1. The highest BCUT2D eigenvalue weighted by atomic mass is 16.3. The summed E-state index contributed by atoms with van der Waals surface area (Å²) in [6, 6.07) is 14.6. The number of aliphatic hydroxyl groups excluding tert-OH is 1. The summed E-state index contributed by atoms with van der Waals surface area (Å²) < 4.78 is 2.21. The van der Waals surface area contributed by atoms with Crippen LogP contribution in [0.3, 0.4) is 0 Å². The van der Waals surface area contributed by atoms with Crippen LogP contribution in [0.1, 0.15) is 18.2 Å². The van der Waals surface area contributed by atoms with Gasteiger partial charge >= 0.3 is 0 Å². The van der Waals surface area contributed by atoms with Crippen LogP contribution in [0, 0.1) is 0 Å². The van der Waals surface area contributed by atoms with Crippen LogP contribution in [0.15, 0.2) is 48.7 Å². The fourth-order valence-electron chi connectivity index (χ4n) is 2.27. The van der Waals surface area contributed by atoms with E-state index in [0.717, 1.165) is 19.5 Å². The van der Waals surface area contributed by atoms with Crippen molar-refractivity contribution in [1.29, 1.82) is 0 Å². The van der Waals surface area contributed by atoms with E-state index < -0.39 is 0 Å². The summed E-state index contributed by atoms with van der Waals surface area (Å²) in [6.07, 6.45) is 2.94. The summed E-state index contributed by atoms with van der Waals surface area (Å²) in [5, 5.41) is 12.9. The molecule has 1 heterocycles. The Kier molecular flexibility index (Phi) is 5.19. The molecule has 2 N–H and O–H groups in total. The zero-order chi connectivity index (χ0) is 13.5. The molecule has 2 rings (SSSR count). The molecule has 19 heavy (non-hydrogen) atoms.